The summed E-state index contributed by atoms with van der Waals surface area (Å²) < 4.78 is 26.2. The number of nitro benzene ring substituents is 1. The van der Waals surface area contributed by atoms with Gasteiger partial charge in [-0.15, -0.1) is 0 Å². The Kier molecular flexibility index (Phi) is 5.76. The summed E-state index contributed by atoms with van der Waals surface area (Å²) in [6.07, 6.45) is 0.294. The fraction of sp³-hybridized carbons (Fsp3) is 0.364. The molecule has 116 valence electrons. The van der Waals surface area contributed by atoms with E-state index in [1.165, 1.54) is 12.1 Å². The number of carbonyl (C=O) groups is 1. The number of nitrogens with zero attached hydrogens (tertiary/aromatic N) is 1. The Bertz CT molecular complexity index is 631. The van der Waals surface area contributed by atoms with E-state index >= 15 is 0 Å². The van der Waals surface area contributed by atoms with Crippen molar-refractivity contribution in [3.05, 3.63) is 34.4 Å². The lowest BCUT2D eigenvalue weighted by Gasteiger charge is -2.14. The number of para-hydroxylation sites is 1. The van der Waals surface area contributed by atoms with E-state index < -0.39 is 37.5 Å². The minimum absolute atomic E-state index is 0.00824. The predicted octanol–water partition coefficient (Wildman–Crippen LogP) is 0.0652. The van der Waals surface area contributed by atoms with Crippen LogP contribution in [0.5, 0.6) is 0 Å². The van der Waals surface area contributed by atoms with Gasteiger partial charge < -0.3 is 10.8 Å². The number of aliphatic carboxylic acids is 1. The van der Waals surface area contributed by atoms with Crippen molar-refractivity contribution in [2.75, 3.05) is 6.54 Å². The second-order valence-electron chi connectivity index (χ2n) is 4.17. The third-order valence-corrected chi connectivity index (χ3v) is 4.16. The summed E-state index contributed by atoms with van der Waals surface area (Å²) in [4.78, 5) is 20.5. The molecule has 1 aromatic rings. The molecule has 0 fully saturated rings. The lowest BCUT2D eigenvalue weighted by Crippen LogP contribution is -2.41. The van der Waals surface area contributed by atoms with Gasteiger partial charge in [0.2, 0.25) is 10.0 Å². The Balaban J connectivity index is 3.11. The van der Waals surface area contributed by atoms with Gasteiger partial charge in [0, 0.05) is 6.07 Å². The average Bonchev–Trinajstić information content (AvgIpc) is 2.43. The molecule has 10 heteroatoms. The number of rotatable bonds is 8. The molecule has 0 saturated heterocycles. The zero-order valence-corrected chi connectivity index (χ0v) is 11.7. The number of nitrogens with one attached hydrogen (secondary N) is 1. The monoisotopic (exact) mass is 317 g/mol. The van der Waals surface area contributed by atoms with Gasteiger partial charge in [0.1, 0.15) is 6.04 Å². The first-order valence-electron chi connectivity index (χ1n) is 5.98. The van der Waals surface area contributed by atoms with Crippen molar-refractivity contribution in [2.45, 2.75) is 23.8 Å². The number of benzene rings is 1. The Labute approximate surface area is 121 Å². The SMILES string of the molecule is NCCC[C@H](NS(=O)(=O)c1ccccc1[N+](=O)[O-])C(=O)O. The maximum atomic E-state index is 12.1. The van der Waals surface area contributed by atoms with E-state index in [1.54, 1.807) is 0 Å². The third kappa shape index (κ3) is 4.48. The molecule has 9 nitrogen and oxygen atoms in total. The Morgan fingerprint density at radius 2 is 2.05 bits per heavy atom. The van der Waals surface area contributed by atoms with Crippen LogP contribution < -0.4 is 10.5 Å². The van der Waals surface area contributed by atoms with Crippen LogP contribution in [0.25, 0.3) is 0 Å². The van der Waals surface area contributed by atoms with Crippen molar-refractivity contribution >= 4 is 21.7 Å². The van der Waals surface area contributed by atoms with E-state index in [0.717, 1.165) is 12.1 Å². The van der Waals surface area contributed by atoms with Crippen LogP contribution >= 0.6 is 0 Å². The molecular weight excluding hydrogens is 302 g/mol. The molecule has 0 saturated carbocycles. The zero-order valence-electron chi connectivity index (χ0n) is 10.9. The fourth-order valence-electron chi connectivity index (χ4n) is 1.64. The Morgan fingerprint density at radius 1 is 1.43 bits per heavy atom. The summed E-state index contributed by atoms with van der Waals surface area (Å²) in [5, 5.41) is 19.8. The van der Waals surface area contributed by atoms with Gasteiger partial charge in [-0.25, -0.2) is 8.42 Å². The van der Waals surface area contributed by atoms with Crippen molar-refractivity contribution in [2.24, 2.45) is 5.73 Å². The first-order valence-corrected chi connectivity index (χ1v) is 7.46. The number of carboxylic acids is 1. The van der Waals surface area contributed by atoms with E-state index in [4.69, 9.17) is 10.8 Å². The Morgan fingerprint density at radius 3 is 2.57 bits per heavy atom. The first-order chi connectivity index (χ1) is 9.79. The van der Waals surface area contributed by atoms with Gasteiger partial charge in [0.15, 0.2) is 4.90 Å². The van der Waals surface area contributed by atoms with Gasteiger partial charge in [-0.3, -0.25) is 14.9 Å². The van der Waals surface area contributed by atoms with Crippen LogP contribution in [0.2, 0.25) is 0 Å². The zero-order chi connectivity index (χ0) is 16.0. The van der Waals surface area contributed by atoms with Crippen LogP contribution in [0.15, 0.2) is 29.2 Å². The second-order valence-corrected chi connectivity index (χ2v) is 5.85. The van der Waals surface area contributed by atoms with Crippen LogP contribution in [0.1, 0.15) is 12.8 Å². The standard InChI is InChI=1S/C11H15N3O6S/c12-7-3-4-8(11(15)16)13-21(19,20)10-6-2-1-5-9(10)14(17)18/h1-2,5-6,8,13H,3-4,7,12H2,(H,15,16)/t8-/m0/s1. The van der Waals surface area contributed by atoms with Crippen molar-refractivity contribution in [1.29, 1.82) is 0 Å². The summed E-state index contributed by atoms with van der Waals surface area (Å²) in [7, 11) is -4.32. The van der Waals surface area contributed by atoms with Crippen LogP contribution in [0, 0.1) is 10.1 Å². The minimum Gasteiger partial charge on any atom is -0.480 e. The van der Waals surface area contributed by atoms with Crippen LogP contribution in [-0.2, 0) is 14.8 Å². The summed E-state index contributed by atoms with van der Waals surface area (Å²) in [5.41, 5.74) is 4.64. The highest BCUT2D eigenvalue weighted by molar-refractivity contribution is 7.89. The topological polar surface area (TPSA) is 153 Å². The smallest absolute Gasteiger partial charge is 0.321 e. The summed E-state index contributed by atoms with van der Waals surface area (Å²) in [5.74, 6) is -1.37. The quantitative estimate of drug-likeness (QED) is 0.452. The average molecular weight is 317 g/mol. The van der Waals surface area contributed by atoms with Gasteiger partial charge in [-0.2, -0.15) is 4.72 Å². The molecule has 0 spiro atoms. The Hall–Kier alpha value is -2.04. The van der Waals surface area contributed by atoms with E-state index in [0.29, 0.717) is 6.42 Å². The molecule has 1 aromatic carbocycles. The number of nitrogens with two attached hydrogens (primary N) is 1. The van der Waals surface area contributed by atoms with Crippen LogP contribution in [0.3, 0.4) is 0 Å². The van der Waals surface area contributed by atoms with Gasteiger partial charge >= 0.3 is 5.97 Å². The lowest BCUT2D eigenvalue weighted by atomic mass is 10.2. The van der Waals surface area contributed by atoms with Crippen LogP contribution in [-0.4, -0.2) is 37.0 Å². The molecular formula is C11H15N3O6S. The highest BCUT2D eigenvalue weighted by Crippen LogP contribution is 2.23. The van der Waals surface area contributed by atoms with E-state index in [-0.39, 0.29) is 13.0 Å². The van der Waals surface area contributed by atoms with E-state index in [1.807, 2.05) is 4.72 Å². The van der Waals surface area contributed by atoms with E-state index in [9.17, 15) is 23.3 Å². The molecule has 21 heavy (non-hydrogen) atoms. The highest BCUT2D eigenvalue weighted by atomic mass is 32.2. The summed E-state index contributed by atoms with van der Waals surface area (Å²) in [6, 6.07) is 3.32. The number of sulfonamides is 1. The normalized spacial score (nSPS) is 12.8. The van der Waals surface area contributed by atoms with Crippen LogP contribution in [0.4, 0.5) is 5.69 Å². The lowest BCUT2D eigenvalue weighted by molar-refractivity contribution is -0.387. The number of hydrogen-bond acceptors (Lipinski definition) is 6. The van der Waals surface area contributed by atoms with Gasteiger partial charge in [0.05, 0.1) is 4.92 Å². The van der Waals surface area contributed by atoms with Crippen molar-refractivity contribution < 1.29 is 23.2 Å². The van der Waals surface area contributed by atoms with Crippen molar-refractivity contribution in [1.82, 2.24) is 4.72 Å². The molecule has 4 N–H and O–H groups in total. The summed E-state index contributed by atoms with van der Waals surface area (Å²) in [6.45, 7) is 0.205. The molecule has 0 aliphatic rings. The molecule has 0 unspecified atom stereocenters. The van der Waals surface area contributed by atoms with Gasteiger partial charge in [-0.1, -0.05) is 12.1 Å². The van der Waals surface area contributed by atoms with E-state index in [2.05, 4.69) is 0 Å². The molecule has 0 bridgehead atoms. The fourth-order valence-corrected chi connectivity index (χ4v) is 3.04. The predicted molar refractivity (Wildman–Crippen MR) is 73.1 cm³/mol. The second kappa shape index (κ2) is 7.11. The van der Waals surface area contributed by atoms with Gasteiger partial charge in [0.25, 0.3) is 5.69 Å². The molecule has 1 atom stereocenters. The van der Waals surface area contributed by atoms with Crippen molar-refractivity contribution in [3.8, 4) is 0 Å². The minimum atomic E-state index is -4.32. The van der Waals surface area contributed by atoms with Gasteiger partial charge in [-0.05, 0) is 25.5 Å². The van der Waals surface area contributed by atoms with Crippen molar-refractivity contribution in [3.63, 3.8) is 0 Å². The molecule has 0 aliphatic carbocycles. The third-order valence-electron chi connectivity index (χ3n) is 2.64. The maximum absolute atomic E-state index is 12.1. The molecule has 0 radical (unpaired) electrons. The number of nitro groups is 1. The maximum Gasteiger partial charge on any atom is 0.321 e. The molecule has 0 heterocycles. The molecule has 0 aliphatic heterocycles. The molecule has 0 aromatic heterocycles. The largest absolute Gasteiger partial charge is 0.480 e. The number of carboxylic acid groups (broad SMARTS) is 1. The highest BCUT2D eigenvalue weighted by Gasteiger charge is 2.30. The first kappa shape index (κ1) is 17.0. The summed E-state index contributed by atoms with van der Waals surface area (Å²) >= 11 is 0. The molecule has 1 rings (SSSR count). The molecule has 0 amide bonds. The number of hydrogen-bond donors (Lipinski definition) is 3.